The van der Waals surface area contributed by atoms with Gasteiger partial charge in [0.2, 0.25) is 5.95 Å². The summed E-state index contributed by atoms with van der Waals surface area (Å²) in [5.74, 6) is 0.153. The van der Waals surface area contributed by atoms with Gasteiger partial charge in [-0.25, -0.2) is 4.98 Å². The molecular weight excluding hydrogens is 374 g/mol. The normalized spacial score (nSPS) is 14.9. The number of nitrogens with zero attached hydrogens (tertiary/aromatic N) is 4. The second-order valence-corrected chi connectivity index (χ2v) is 7.52. The third-order valence-corrected chi connectivity index (χ3v) is 6.03. The first-order valence-corrected chi connectivity index (χ1v) is 9.47. The van der Waals surface area contributed by atoms with E-state index in [0.717, 1.165) is 29.3 Å². The molecule has 0 radical (unpaired) electrons. The molecule has 0 aliphatic carbocycles. The summed E-state index contributed by atoms with van der Waals surface area (Å²) in [4.78, 5) is 23.1. The van der Waals surface area contributed by atoms with Crippen LogP contribution in [-0.2, 0) is 11.3 Å². The molecule has 0 atom stereocenters. The number of fused-ring (bicyclic) bond motifs is 1. The van der Waals surface area contributed by atoms with Crippen molar-refractivity contribution in [2.45, 2.75) is 13.5 Å². The highest BCUT2D eigenvalue weighted by Gasteiger charge is 2.20. The molecule has 3 heterocycles. The van der Waals surface area contributed by atoms with Crippen LogP contribution >= 0.6 is 22.9 Å². The van der Waals surface area contributed by atoms with Gasteiger partial charge in [-0.15, -0.1) is 0 Å². The van der Waals surface area contributed by atoms with Crippen LogP contribution in [0.5, 0.6) is 0 Å². The predicted molar refractivity (Wildman–Crippen MR) is 104 cm³/mol. The Balaban J connectivity index is 1.82. The molecule has 9 heteroatoms. The lowest BCUT2D eigenvalue weighted by Crippen LogP contribution is -2.36. The second-order valence-electron chi connectivity index (χ2n) is 6.13. The van der Waals surface area contributed by atoms with Crippen LogP contribution in [0.4, 0.5) is 11.1 Å². The van der Waals surface area contributed by atoms with Gasteiger partial charge in [0.25, 0.3) is 5.56 Å². The van der Waals surface area contributed by atoms with Crippen molar-refractivity contribution < 1.29 is 4.74 Å². The molecule has 0 amide bonds. The minimum Gasteiger partial charge on any atom is -0.378 e. The standard InChI is InChI=1S/C17H18ClN5O2S/c1-10-11(3-2-4-12(10)18)9-23-14-13(15(24)21-16(23)19)26-17(20-14)22-5-7-25-8-6-22/h2-4H,5-9H2,1H3,(H2,19,21,24). The number of morpholine rings is 1. The number of thiazole rings is 1. The van der Waals surface area contributed by atoms with Crippen LogP contribution in [0.15, 0.2) is 23.0 Å². The molecule has 1 fully saturated rings. The lowest BCUT2D eigenvalue weighted by Gasteiger charge is -2.25. The van der Waals surface area contributed by atoms with Gasteiger partial charge >= 0.3 is 0 Å². The van der Waals surface area contributed by atoms with Crippen LogP contribution in [0.1, 0.15) is 11.1 Å². The zero-order valence-corrected chi connectivity index (χ0v) is 15.8. The van der Waals surface area contributed by atoms with E-state index in [0.29, 0.717) is 35.1 Å². The number of halogens is 1. The average molecular weight is 392 g/mol. The molecule has 1 aliphatic heterocycles. The van der Waals surface area contributed by atoms with Gasteiger partial charge in [-0.3, -0.25) is 9.36 Å². The number of anilines is 2. The van der Waals surface area contributed by atoms with Crippen LogP contribution in [0.2, 0.25) is 5.02 Å². The molecule has 0 bridgehead atoms. The summed E-state index contributed by atoms with van der Waals surface area (Å²) < 4.78 is 7.68. The summed E-state index contributed by atoms with van der Waals surface area (Å²) in [5.41, 5.74) is 8.27. The Labute approximate surface area is 159 Å². The Morgan fingerprint density at radius 1 is 1.31 bits per heavy atom. The summed E-state index contributed by atoms with van der Waals surface area (Å²) in [6.07, 6.45) is 0. The second kappa shape index (κ2) is 6.86. The maximum Gasteiger partial charge on any atom is 0.294 e. The number of benzene rings is 1. The summed E-state index contributed by atoms with van der Waals surface area (Å²) >= 11 is 7.58. The van der Waals surface area contributed by atoms with E-state index in [1.807, 2.05) is 25.1 Å². The van der Waals surface area contributed by atoms with E-state index < -0.39 is 0 Å². The third-order valence-electron chi connectivity index (χ3n) is 4.53. The SMILES string of the molecule is Cc1c(Cl)cccc1Cn1c(N)nc(=O)c2sc(N3CCOCC3)nc21. The van der Waals surface area contributed by atoms with E-state index in [1.165, 1.54) is 11.3 Å². The number of nitrogens with two attached hydrogens (primary N) is 1. The monoisotopic (exact) mass is 391 g/mol. The highest BCUT2D eigenvalue weighted by atomic mass is 35.5. The summed E-state index contributed by atoms with van der Waals surface area (Å²) in [6, 6.07) is 5.73. The molecule has 136 valence electrons. The van der Waals surface area contributed by atoms with E-state index in [2.05, 4.69) is 9.88 Å². The van der Waals surface area contributed by atoms with E-state index in [-0.39, 0.29) is 11.5 Å². The van der Waals surface area contributed by atoms with Crippen LogP contribution in [0.3, 0.4) is 0 Å². The van der Waals surface area contributed by atoms with Gasteiger partial charge in [0.15, 0.2) is 10.8 Å². The average Bonchev–Trinajstić information content (AvgIpc) is 3.09. The molecule has 1 aromatic carbocycles. The minimum atomic E-state index is -0.339. The Kier molecular flexibility index (Phi) is 4.56. The quantitative estimate of drug-likeness (QED) is 0.737. The first-order chi connectivity index (χ1) is 12.5. The summed E-state index contributed by atoms with van der Waals surface area (Å²) in [5, 5.41) is 1.49. The highest BCUT2D eigenvalue weighted by molar-refractivity contribution is 7.22. The van der Waals surface area contributed by atoms with Gasteiger partial charge in [0.1, 0.15) is 4.70 Å². The van der Waals surface area contributed by atoms with E-state index >= 15 is 0 Å². The fourth-order valence-corrected chi connectivity index (χ4v) is 4.19. The molecule has 0 unspecified atom stereocenters. The number of ether oxygens (including phenoxy) is 1. The van der Waals surface area contributed by atoms with Gasteiger partial charge in [-0.05, 0) is 24.1 Å². The zero-order chi connectivity index (χ0) is 18.3. The molecule has 7 nitrogen and oxygen atoms in total. The molecule has 1 aliphatic rings. The predicted octanol–water partition coefficient (Wildman–Crippen LogP) is 2.28. The number of aromatic nitrogens is 3. The molecule has 2 aromatic heterocycles. The van der Waals surface area contributed by atoms with Crippen LogP contribution in [0.25, 0.3) is 10.3 Å². The minimum absolute atomic E-state index is 0.153. The summed E-state index contributed by atoms with van der Waals surface area (Å²) in [6.45, 7) is 5.23. The summed E-state index contributed by atoms with van der Waals surface area (Å²) in [7, 11) is 0. The first kappa shape index (κ1) is 17.3. The third kappa shape index (κ3) is 3.04. The smallest absolute Gasteiger partial charge is 0.294 e. The van der Waals surface area contributed by atoms with Crippen molar-refractivity contribution in [1.29, 1.82) is 0 Å². The van der Waals surface area contributed by atoms with E-state index in [4.69, 9.17) is 27.1 Å². The maximum absolute atomic E-state index is 12.3. The molecule has 0 spiro atoms. The van der Waals surface area contributed by atoms with Crippen molar-refractivity contribution in [2.75, 3.05) is 36.9 Å². The Hall–Kier alpha value is -2.16. The van der Waals surface area contributed by atoms with Crippen LogP contribution in [0, 0.1) is 6.92 Å². The Morgan fingerprint density at radius 3 is 2.85 bits per heavy atom. The fraction of sp³-hybridized carbons (Fsp3) is 0.353. The van der Waals surface area contributed by atoms with Crippen molar-refractivity contribution >= 4 is 44.4 Å². The van der Waals surface area contributed by atoms with Gasteiger partial charge in [-0.1, -0.05) is 35.1 Å². The van der Waals surface area contributed by atoms with Gasteiger partial charge in [0, 0.05) is 18.1 Å². The van der Waals surface area contributed by atoms with Crippen molar-refractivity contribution in [3.63, 3.8) is 0 Å². The zero-order valence-electron chi connectivity index (χ0n) is 14.2. The molecule has 1 saturated heterocycles. The fourth-order valence-electron chi connectivity index (χ4n) is 2.99. The van der Waals surface area contributed by atoms with Crippen molar-refractivity contribution in [3.8, 4) is 0 Å². The van der Waals surface area contributed by atoms with Crippen molar-refractivity contribution in [1.82, 2.24) is 14.5 Å². The lowest BCUT2D eigenvalue weighted by molar-refractivity contribution is 0.122. The van der Waals surface area contributed by atoms with Gasteiger partial charge in [-0.2, -0.15) is 4.98 Å². The molecule has 2 N–H and O–H groups in total. The molecular formula is C17H18ClN5O2S. The Morgan fingerprint density at radius 2 is 2.08 bits per heavy atom. The van der Waals surface area contributed by atoms with E-state index in [9.17, 15) is 4.79 Å². The largest absolute Gasteiger partial charge is 0.378 e. The molecule has 3 aromatic rings. The highest BCUT2D eigenvalue weighted by Crippen LogP contribution is 2.29. The first-order valence-electron chi connectivity index (χ1n) is 8.28. The van der Waals surface area contributed by atoms with Gasteiger partial charge in [0.05, 0.1) is 19.8 Å². The lowest BCUT2D eigenvalue weighted by atomic mass is 10.1. The van der Waals surface area contributed by atoms with Gasteiger partial charge < -0.3 is 15.4 Å². The molecule has 0 saturated carbocycles. The molecule has 26 heavy (non-hydrogen) atoms. The number of hydrogen-bond acceptors (Lipinski definition) is 7. The number of nitrogen functional groups attached to an aromatic ring is 1. The molecule has 4 rings (SSSR count). The topological polar surface area (TPSA) is 86.3 Å². The van der Waals surface area contributed by atoms with Crippen molar-refractivity contribution in [3.05, 3.63) is 44.7 Å². The Bertz CT molecular complexity index is 1030. The maximum atomic E-state index is 12.3. The van der Waals surface area contributed by atoms with Crippen LogP contribution < -0.4 is 16.2 Å². The number of hydrogen-bond donors (Lipinski definition) is 1. The number of rotatable bonds is 3. The van der Waals surface area contributed by atoms with Crippen molar-refractivity contribution in [2.24, 2.45) is 0 Å². The van der Waals surface area contributed by atoms with E-state index in [1.54, 1.807) is 4.57 Å². The van der Waals surface area contributed by atoms with Crippen LogP contribution in [-0.4, -0.2) is 40.8 Å².